The van der Waals surface area contributed by atoms with E-state index in [1.165, 1.54) is 30.5 Å². The van der Waals surface area contributed by atoms with Crippen molar-refractivity contribution in [2.24, 2.45) is 0 Å². The van der Waals surface area contributed by atoms with Crippen molar-refractivity contribution in [2.45, 2.75) is 38.8 Å². The Labute approximate surface area is 183 Å². The van der Waals surface area contributed by atoms with Gasteiger partial charge in [0.15, 0.2) is 10.8 Å². The molecule has 9 heteroatoms. The van der Waals surface area contributed by atoms with Crippen LogP contribution in [0.15, 0.2) is 43.0 Å². The van der Waals surface area contributed by atoms with Gasteiger partial charge in [-0.15, -0.1) is 11.3 Å². The normalized spacial score (nSPS) is 17.5. The van der Waals surface area contributed by atoms with Crippen molar-refractivity contribution < 1.29 is 0 Å². The van der Waals surface area contributed by atoms with E-state index in [2.05, 4.69) is 37.2 Å². The number of piperidine rings is 1. The summed E-state index contributed by atoms with van der Waals surface area (Å²) in [5.41, 5.74) is 1.57. The number of fused-ring (bicyclic) bond motifs is 1. The van der Waals surface area contributed by atoms with Crippen molar-refractivity contribution in [3.8, 4) is 5.69 Å². The summed E-state index contributed by atoms with van der Waals surface area (Å²) >= 11 is 7.80. The highest BCUT2D eigenvalue weighted by Gasteiger charge is 2.19. The lowest BCUT2D eigenvalue weighted by molar-refractivity contribution is 0.154. The molecule has 1 atom stereocenters. The van der Waals surface area contributed by atoms with Crippen LogP contribution in [-0.2, 0) is 6.54 Å². The van der Waals surface area contributed by atoms with Gasteiger partial charge in [-0.25, -0.2) is 19.6 Å². The molecule has 0 spiro atoms. The van der Waals surface area contributed by atoms with E-state index in [0.29, 0.717) is 22.5 Å². The smallest absolute Gasteiger partial charge is 0.188 e. The molecule has 4 aromatic rings. The minimum absolute atomic E-state index is 0.635. The van der Waals surface area contributed by atoms with Crippen molar-refractivity contribution in [1.29, 1.82) is 0 Å². The quantitative estimate of drug-likeness (QED) is 0.469. The highest BCUT2D eigenvalue weighted by atomic mass is 35.5. The second-order valence-corrected chi connectivity index (χ2v) is 9.12. The largest absolute Gasteiger partial charge is 0.315 e. The third-order valence-electron chi connectivity index (χ3n) is 5.50. The first-order valence-electron chi connectivity index (χ1n) is 10.1. The molecular formula is C21H22ClN7S. The third-order valence-corrected chi connectivity index (χ3v) is 6.63. The van der Waals surface area contributed by atoms with Gasteiger partial charge in [0, 0.05) is 28.7 Å². The summed E-state index contributed by atoms with van der Waals surface area (Å²) in [6.07, 6.45) is 9.16. The van der Waals surface area contributed by atoms with Crippen LogP contribution < -0.4 is 5.32 Å². The molecule has 1 aromatic carbocycles. The number of nitrogens with zero attached hydrogens (tertiary/aromatic N) is 6. The Morgan fingerprint density at radius 1 is 1.20 bits per heavy atom. The molecule has 3 aromatic heterocycles. The fourth-order valence-electron chi connectivity index (χ4n) is 3.87. The zero-order valence-corrected chi connectivity index (χ0v) is 18.2. The van der Waals surface area contributed by atoms with E-state index >= 15 is 0 Å². The number of halogens is 1. The Hall–Kier alpha value is -2.55. The van der Waals surface area contributed by atoms with Crippen molar-refractivity contribution in [2.75, 3.05) is 11.9 Å². The molecule has 0 amide bonds. The Bertz CT molecular complexity index is 1170. The van der Waals surface area contributed by atoms with Gasteiger partial charge in [-0.1, -0.05) is 24.1 Å². The molecule has 0 bridgehead atoms. The Morgan fingerprint density at radius 3 is 3.00 bits per heavy atom. The van der Waals surface area contributed by atoms with E-state index in [9.17, 15) is 0 Å². The first-order valence-corrected chi connectivity index (χ1v) is 11.3. The number of rotatable bonds is 5. The summed E-state index contributed by atoms with van der Waals surface area (Å²) in [5, 5.41) is 10.2. The molecule has 1 saturated heterocycles. The highest BCUT2D eigenvalue weighted by Crippen LogP contribution is 2.29. The molecule has 154 valence electrons. The molecule has 0 saturated carbocycles. The maximum atomic E-state index is 6.14. The van der Waals surface area contributed by atoms with E-state index in [-0.39, 0.29) is 0 Å². The van der Waals surface area contributed by atoms with Crippen LogP contribution in [0.1, 0.15) is 31.1 Å². The molecule has 1 aliphatic heterocycles. The van der Waals surface area contributed by atoms with E-state index in [0.717, 1.165) is 29.3 Å². The Kier molecular flexibility index (Phi) is 5.37. The lowest BCUT2D eigenvalue weighted by Gasteiger charge is -2.32. The van der Waals surface area contributed by atoms with Crippen molar-refractivity contribution in [3.63, 3.8) is 0 Å². The lowest BCUT2D eigenvalue weighted by Crippen LogP contribution is -2.36. The summed E-state index contributed by atoms with van der Waals surface area (Å²) < 4.78 is 1.76. The second-order valence-electron chi connectivity index (χ2n) is 7.57. The van der Waals surface area contributed by atoms with Gasteiger partial charge in [-0.2, -0.15) is 5.10 Å². The van der Waals surface area contributed by atoms with Crippen LogP contribution in [0.3, 0.4) is 0 Å². The van der Waals surface area contributed by atoms with Gasteiger partial charge in [0.1, 0.15) is 12.1 Å². The predicted molar refractivity (Wildman–Crippen MR) is 121 cm³/mol. The van der Waals surface area contributed by atoms with E-state index in [4.69, 9.17) is 11.6 Å². The zero-order chi connectivity index (χ0) is 20.5. The fraction of sp³-hybridized carbons (Fsp3) is 0.333. The summed E-state index contributed by atoms with van der Waals surface area (Å²) in [4.78, 5) is 17.2. The second kappa shape index (κ2) is 8.29. The number of aromatic nitrogens is 5. The van der Waals surface area contributed by atoms with Crippen LogP contribution >= 0.6 is 22.9 Å². The summed E-state index contributed by atoms with van der Waals surface area (Å²) in [7, 11) is 0. The molecule has 1 fully saturated rings. The van der Waals surface area contributed by atoms with Gasteiger partial charge in [0.2, 0.25) is 0 Å². The molecule has 5 rings (SSSR count). The molecule has 1 aliphatic rings. The van der Waals surface area contributed by atoms with Crippen molar-refractivity contribution in [3.05, 3.63) is 52.9 Å². The van der Waals surface area contributed by atoms with Gasteiger partial charge in [0.25, 0.3) is 0 Å². The number of hydrogen-bond donors (Lipinski definition) is 1. The monoisotopic (exact) mass is 439 g/mol. The average Bonchev–Trinajstić information content (AvgIpc) is 3.37. The highest BCUT2D eigenvalue weighted by molar-refractivity contribution is 7.15. The Morgan fingerprint density at radius 2 is 2.13 bits per heavy atom. The number of nitrogens with one attached hydrogen (secondary N) is 1. The first-order chi connectivity index (χ1) is 14.7. The molecule has 30 heavy (non-hydrogen) atoms. The standard InChI is InChI=1S/C21H22ClN7S/c1-14-5-2-3-8-28(14)12-17-10-23-21(30-17)27-19-18-11-26-29(20(18)25-13-24-19)16-7-4-6-15(22)9-16/h4,6-7,9-11,13-14H,2-3,5,8,12H2,1H3,(H,23,24,25,27). The van der Waals surface area contributed by atoms with Crippen LogP contribution in [0, 0.1) is 0 Å². The summed E-state index contributed by atoms with van der Waals surface area (Å²) in [5.74, 6) is 0.695. The maximum Gasteiger partial charge on any atom is 0.188 e. The minimum Gasteiger partial charge on any atom is -0.315 e. The molecule has 0 aliphatic carbocycles. The maximum absolute atomic E-state index is 6.14. The number of benzene rings is 1. The fourth-order valence-corrected chi connectivity index (χ4v) is 4.89. The third kappa shape index (κ3) is 3.90. The number of thiazole rings is 1. The summed E-state index contributed by atoms with van der Waals surface area (Å²) in [6, 6.07) is 8.17. The van der Waals surface area contributed by atoms with Gasteiger partial charge in [-0.3, -0.25) is 4.90 Å². The molecular weight excluding hydrogens is 418 g/mol. The van der Waals surface area contributed by atoms with Crippen molar-refractivity contribution >= 4 is 44.9 Å². The molecule has 4 heterocycles. The van der Waals surface area contributed by atoms with Crippen LogP contribution in [0.4, 0.5) is 10.9 Å². The number of likely N-dealkylation sites (tertiary alicyclic amines) is 1. The lowest BCUT2D eigenvalue weighted by atomic mass is 10.0. The summed E-state index contributed by atoms with van der Waals surface area (Å²) in [6.45, 7) is 4.43. The van der Waals surface area contributed by atoms with Crippen molar-refractivity contribution in [1.82, 2.24) is 29.6 Å². The molecule has 1 N–H and O–H groups in total. The zero-order valence-electron chi connectivity index (χ0n) is 16.6. The van der Waals surface area contributed by atoms with Crippen LogP contribution in [-0.4, -0.2) is 42.2 Å². The molecule has 1 unspecified atom stereocenters. The van der Waals surface area contributed by atoms with Crippen LogP contribution in [0.5, 0.6) is 0 Å². The first kappa shape index (κ1) is 19.4. The van der Waals surface area contributed by atoms with Gasteiger partial charge in [-0.05, 0) is 44.5 Å². The number of anilines is 2. The molecule has 0 radical (unpaired) electrons. The average molecular weight is 440 g/mol. The topological polar surface area (TPSA) is 71.8 Å². The molecule has 7 nitrogen and oxygen atoms in total. The van der Waals surface area contributed by atoms with Gasteiger partial charge < -0.3 is 5.32 Å². The number of hydrogen-bond acceptors (Lipinski definition) is 7. The van der Waals surface area contributed by atoms with Crippen LogP contribution in [0.2, 0.25) is 5.02 Å². The van der Waals surface area contributed by atoms with E-state index < -0.39 is 0 Å². The Balaban J connectivity index is 1.38. The van der Waals surface area contributed by atoms with E-state index in [1.807, 2.05) is 30.5 Å². The minimum atomic E-state index is 0.635. The van der Waals surface area contributed by atoms with E-state index in [1.54, 1.807) is 22.2 Å². The SMILES string of the molecule is CC1CCCCN1Cc1cnc(Nc2ncnc3c2cnn3-c2cccc(Cl)c2)s1. The predicted octanol–water partition coefficient (Wildman–Crippen LogP) is 5.04. The van der Waals surface area contributed by atoms with Gasteiger partial charge >= 0.3 is 0 Å². The van der Waals surface area contributed by atoms with Crippen LogP contribution in [0.25, 0.3) is 16.7 Å². The van der Waals surface area contributed by atoms with Gasteiger partial charge in [0.05, 0.1) is 17.3 Å².